The number of hydrogen-bond acceptors (Lipinski definition) is 7. The van der Waals surface area contributed by atoms with Gasteiger partial charge in [-0.05, 0) is 79.6 Å². The number of rotatable bonds is 10. The Balaban J connectivity index is 1.60. The molecule has 1 amide bonds. The first-order chi connectivity index (χ1) is 18.7. The van der Waals surface area contributed by atoms with Crippen LogP contribution in [0, 0.1) is 11.3 Å². The van der Waals surface area contributed by atoms with Crippen molar-refractivity contribution >= 4 is 27.6 Å². The summed E-state index contributed by atoms with van der Waals surface area (Å²) in [5, 5.41) is 7.74. The molecule has 0 radical (unpaired) electrons. The van der Waals surface area contributed by atoms with Crippen LogP contribution in [0.1, 0.15) is 30.4 Å². The van der Waals surface area contributed by atoms with Gasteiger partial charge in [0.15, 0.2) is 0 Å². The summed E-state index contributed by atoms with van der Waals surface area (Å²) in [4.78, 5) is 19.6. The standard InChI is InChI=1S/C28H35N7O3S/c29-12-9-19-10-13-35(14-11-19)28(36)25(16-20-3-1-5-22(15-20)27(31)32)34-39(37,38)24-6-2-4-21(17-24)23-7-8-26(30)33-18-23/h1-8,15,17-19,25,34H,9-14,16,29H2,(H2,30,33)(H3,31,32)/t25-/m0/s1. The lowest BCUT2D eigenvalue weighted by Crippen LogP contribution is -2.51. The first-order valence-corrected chi connectivity index (χ1v) is 14.4. The summed E-state index contributed by atoms with van der Waals surface area (Å²) in [6.07, 6.45) is 4.27. The van der Waals surface area contributed by atoms with Crippen molar-refractivity contribution in [2.75, 3.05) is 25.4 Å². The van der Waals surface area contributed by atoms with Gasteiger partial charge in [0.25, 0.3) is 0 Å². The number of benzene rings is 2. The summed E-state index contributed by atoms with van der Waals surface area (Å²) in [6.45, 7) is 1.71. The number of aromatic nitrogens is 1. The van der Waals surface area contributed by atoms with E-state index < -0.39 is 16.1 Å². The normalized spacial score (nSPS) is 15.2. The Morgan fingerprint density at radius 2 is 1.82 bits per heavy atom. The lowest BCUT2D eigenvalue weighted by Gasteiger charge is -2.34. The van der Waals surface area contributed by atoms with Gasteiger partial charge in [-0.25, -0.2) is 13.4 Å². The van der Waals surface area contributed by atoms with Gasteiger partial charge in [-0.2, -0.15) is 4.72 Å². The van der Waals surface area contributed by atoms with Crippen LogP contribution in [0.2, 0.25) is 0 Å². The second kappa shape index (κ2) is 12.4. The zero-order valence-corrected chi connectivity index (χ0v) is 22.5. The monoisotopic (exact) mass is 549 g/mol. The van der Waals surface area contributed by atoms with Crippen LogP contribution < -0.4 is 21.9 Å². The zero-order valence-electron chi connectivity index (χ0n) is 21.7. The maximum Gasteiger partial charge on any atom is 0.241 e. The minimum absolute atomic E-state index is 0.0359. The lowest BCUT2D eigenvalue weighted by atomic mass is 9.93. The molecule has 0 unspecified atom stereocenters. The smallest absolute Gasteiger partial charge is 0.241 e. The number of carbonyl (C=O) groups excluding carboxylic acids is 1. The Labute approximate surface area is 229 Å². The van der Waals surface area contributed by atoms with Gasteiger partial charge in [0, 0.05) is 30.4 Å². The molecule has 1 saturated heterocycles. The molecule has 1 aromatic heterocycles. The van der Waals surface area contributed by atoms with Crippen molar-refractivity contribution in [3.05, 3.63) is 78.0 Å². The molecule has 1 aliphatic rings. The van der Waals surface area contributed by atoms with Crippen LogP contribution in [0.5, 0.6) is 0 Å². The van der Waals surface area contributed by atoms with Crippen molar-refractivity contribution in [2.45, 2.75) is 36.6 Å². The van der Waals surface area contributed by atoms with Gasteiger partial charge in [0.1, 0.15) is 17.7 Å². The molecule has 0 spiro atoms. The van der Waals surface area contributed by atoms with Crippen LogP contribution in [0.3, 0.4) is 0 Å². The van der Waals surface area contributed by atoms with Gasteiger partial charge in [0.05, 0.1) is 4.90 Å². The van der Waals surface area contributed by atoms with Gasteiger partial charge in [-0.3, -0.25) is 10.2 Å². The lowest BCUT2D eigenvalue weighted by molar-refractivity contribution is -0.134. The van der Waals surface area contributed by atoms with Crippen LogP contribution >= 0.6 is 0 Å². The molecule has 8 N–H and O–H groups in total. The van der Waals surface area contributed by atoms with Crippen molar-refractivity contribution in [3.8, 4) is 11.1 Å². The highest BCUT2D eigenvalue weighted by molar-refractivity contribution is 7.89. The minimum atomic E-state index is -4.07. The maximum atomic E-state index is 13.7. The molecule has 2 heterocycles. The number of anilines is 1. The SMILES string of the molecule is N=C(N)c1cccc(C[C@H](NS(=O)(=O)c2cccc(-c3ccc(N)nc3)c2)C(=O)N2CCC(CCN)CC2)c1. The number of nitrogens with two attached hydrogens (primary N) is 3. The van der Waals surface area contributed by atoms with E-state index in [1.54, 1.807) is 65.7 Å². The maximum absolute atomic E-state index is 13.7. The van der Waals surface area contributed by atoms with E-state index in [0.717, 1.165) is 24.8 Å². The Morgan fingerprint density at radius 1 is 1.08 bits per heavy atom. The molecule has 39 heavy (non-hydrogen) atoms. The number of hydrogen-bond donors (Lipinski definition) is 5. The number of sulfonamides is 1. The number of piperidine rings is 1. The molecule has 1 aliphatic heterocycles. The van der Waals surface area contributed by atoms with Gasteiger partial charge in [-0.15, -0.1) is 0 Å². The molecule has 11 heteroatoms. The van der Waals surface area contributed by atoms with E-state index in [1.165, 1.54) is 6.07 Å². The molecule has 4 rings (SSSR count). The number of likely N-dealkylation sites (tertiary alicyclic amines) is 1. The summed E-state index contributed by atoms with van der Waals surface area (Å²) in [5.41, 5.74) is 19.6. The molecular formula is C28H35N7O3S. The molecule has 0 bridgehead atoms. The van der Waals surface area contributed by atoms with Crippen LogP contribution in [-0.4, -0.2) is 55.7 Å². The van der Waals surface area contributed by atoms with E-state index in [9.17, 15) is 13.2 Å². The van der Waals surface area contributed by atoms with Crippen molar-refractivity contribution in [1.29, 1.82) is 5.41 Å². The fraction of sp³-hybridized carbons (Fsp3) is 0.321. The number of nitrogens with one attached hydrogen (secondary N) is 2. The van der Waals surface area contributed by atoms with E-state index in [4.69, 9.17) is 22.6 Å². The zero-order chi connectivity index (χ0) is 28.0. The van der Waals surface area contributed by atoms with Crippen molar-refractivity contribution in [2.24, 2.45) is 17.4 Å². The van der Waals surface area contributed by atoms with Gasteiger partial charge >= 0.3 is 0 Å². The Morgan fingerprint density at radius 3 is 2.49 bits per heavy atom. The number of nitrogens with zero attached hydrogens (tertiary/aromatic N) is 2. The number of amidine groups is 1. The number of carbonyl (C=O) groups is 1. The average molecular weight is 550 g/mol. The predicted molar refractivity (Wildman–Crippen MR) is 152 cm³/mol. The fourth-order valence-electron chi connectivity index (χ4n) is 4.85. The van der Waals surface area contributed by atoms with E-state index in [2.05, 4.69) is 9.71 Å². The topological polar surface area (TPSA) is 181 Å². The van der Waals surface area contributed by atoms with Gasteiger partial charge < -0.3 is 22.1 Å². The van der Waals surface area contributed by atoms with Crippen molar-refractivity contribution in [3.63, 3.8) is 0 Å². The summed E-state index contributed by atoms with van der Waals surface area (Å²) in [6, 6.07) is 15.8. The highest BCUT2D eigenvalue weighted by atomic mass is 32.2. The van der Waals surface area contributed by atoms with Gasteiger partial charge in [-0.1, -0.05) is 30.3 Å². The first kappa shape index (κ1) is 28.2. The van der Waals surface area contributed by atoms with Crippen molar-refractivity contribution < 1.29 is 13.2 Å². The van der Waals surface area contributed by atoms with E-state index in [0.29, 0.717) is 48.1 Å². The summed E-state index contributed by atoms with van der Waals surface area (Å²) in [5.74, 6) is 0.451. The minimum Gasteiger partial charge on any atom is -0.384 e. The average Bonchev–Trinajstić information content (AvgIpc) is 2.93. The molecule has 1 atom stereocenters. The second-order valence-corrected chi connectivity index (χ2v) is 11.6. The third kappa shape index (κ3) is 7.20. The van der Waals surface area contributed by atoms with Crippen LogP contribution in [0.25, 0.3) is 11.1 Å². The number of nitrogen functional groups attached to an aromatic ring is 2. The Kier molecular flexibility index (Phi) is 8.95. The highest BCUT2D eigenvalue weighted by Crippen LogP contribution is 2.24. The predicted octanol–water partition coefficient (Wildman–Crippen LogP) is 2.09. The fourth-order valence-corrected chi connectivity index (χ4v) is 6.09. The Hall–Kier alpha value is -3.80. The van der Waals surface area contributed by atoms with E-state index in [-0.39, 0.29) is 23.1 Å². The molecule has 10 nitrogen and oxygen atoms in total. The largest absolute Gasteiger partial charge is 0.384 e. The first-order valence-electron chi connectivity index (χ1n) is 12.9. The molecule has 206 valence electrons. The van der Waals surface area contributed by atoms with Crippen LogP contribution in [0.4, 0.5) is 5.82 Å². The number of pyridine rings is 1. The molecule has 0 saturated carbocycles. The van der Waals surface area contributed by atoms with Gasteiger partial charge in [0.2, 0.25) is 15.9 Å². The van der Waals surface area contributed by atoms with E-state index >= 15 is 0 Å². The highest BCUT2D eigenvalue weighted by Gasteiger charge is 2.32. The van der Waals surface area contributed by atoms with Crippen molar-refractivity contribution in [1.82, 2.24) is 14.6 Å². The molecule has 0 aliphatic carbocycles. The van der Waals surface area contributed by atoms with Crippen LogP contribution in [0.15, 0.2) is 71.8 Å². The molecule has 1 fully saturated rings. The second-order valence-electron chi connectivity index (χ2n) is 9.84. The summed E-state index contributed by atoms with van der Waals surface area (Å²) < 4.78 is 29.8. The quantitative estimate of drug-likeness (QED) is 0.189. The third-order valence-corrected chi connectivity index (χ3v) is 8.51. The molecular weight excluding hydrogens is 514 g/mol. The summed E-state index contributed by atoms with van der Waals surface area (Å²) in [7, 11) is -4.07. The molecule has 2 aromatic carbocycles. The number of amides is 1. The van der Waals surface area contributed by atoms with E-state index in [1.807, 2.05) is 0 Å². The van der Waals surface area contributed by atoms with Crippen LogP contribution in [-0.2, 0) is 21.2 Å². The molecule has 3 aromatic rings. The Bertz CT molecular complexity index is 1420. The summed E-state index contributed by atoms with van der Waals surface area (Å²) >= 11 is 0. The third-order valence-electron chi connectivity index (χ3n) is 7.04.